The molecule has 3 N–H and O–H groups in total. The van der Waals surface area contributed by atoms with Crippen LogP contribution in [0, 0.1) is 18.3 Å². The number of nitrogens with two attached hydrogens (primary N) is 1. The van der Waals surface area contributed by atoms with Crippen LogP contribution in [0.5, 0.6) is 5.88 Å². The number of anilines is 1. The second-order valence-electron chi connectivity index (χ2n) is 3.91. The average molecular weight is 241 g/mol. The van der Waals surface area contributed by atoms with Crippen molar-refractivity contribution in [1.29, 1.82) is 5.26 Å². The van der Waals surface area contributed by atoms with Crippen LogP contribution in [-0.2, 0) is 0 Å². The molecule has 0 aliphatic carbocycles. The van der Waals surface area contributed by atoms with E-state index >= 15 is 0 Å². The molecule has 0 aliphatic heterocycles. The number of hydrogen-bond acceptors (Lipinski definition) is 4. The van der Waals surface area contributed by atoms with Crippen molar-refractivity contribution in [2.24, 2.45) is 0 Å². The first kappa shape index (κ1) is 11.7. The molecule has 5 heteroatoms. The summed E-state index contributed by atoms with van der Waals surface area (Å²) in [5.41, 5.74) is 6.65. The van der Waals surface area contributed by atoms with Crippen molar-refractivity contribution >= 4 is 5.69 Å². The Morgan fingerprint density at radius 2 is 2.11 bits per heavy atom. The Labute approximate surface area is 103 Å². The average Bonchev–Trinajstić information content (AvgIpc) is 2.28. The van der Waals surface area contributed by atoms with Gasteiger partial charge in [-0.15, -0.1) is 0 Å². The summed E-state index contributed by atoms with van der Waals surface area (Å²) in [5.74, 6) is -0.367. The second-order valence-corrected chi connectivity index (χ2v) is 3.91. The molecule has 0 bridgehead atoms. The van der Waals surface area contributed by atoms with Gasteiger partial charge in [-0.25, -0.2) is 4.57 Å². The zero-order chi connectivity index (χ0) is 13.3. The van der Waals surface area contributed by atoms with E-state index in [0.29, 0.717) is 16.9 Å². The van der Waals surface area contributed by atoms with Crippen LogP contribution in [0.15, 0.2) is 35.1 Å². The van der Waals surface area contributed by atoms with Crippen LogP contribution >= 0.6 is 0 Å². The Bertz CT molecular complexity index is 711. The molecule has 5 nitrogen and oxygen atoms in total. The molecule has 0 fully saturated rings. The van der Waals surface area contributed by atoms with Gasteiger partial charge in [0.2, 0.25) is 5.88 Å². The van der Waals surface area contributed by atoms with Crippen LogP contribution in [-0.4, -0.2) is 9.67 Å². The lowest BCUT2D eigenvalue weighted by Crippen LogP contribution is -2.19. The molecule has 18 heavy (non-hydrogen) atoms. The maximum atomic E-state index is 11.9. The van der Waals surface area contributed by atoms with Gasteiger partial charge in [0.1, 0.15) is 11.6 Å². The summed E-state index contributed by atoms with van der Waals surface area (Å²) in [5, 5.41) is 19.0. The zero-order valence-electron chi connectivity index (χ0n) is 9.71. The number of hydrogen-bond donors (Lipinski definition) is 2. The van der Waals surface area contributed by atoms with Crippen LogP contribution in [0.3, 0.4) is 0 Å². The molecular weight excluding hydrogens is 230 g/mol. The molecule has 0 atom stereocenters. The third-order valence-corrected chi connectivity index (χ3v) is 2.63. The number of aryl methyl sites for hydroxylation is 1. The Hall–Kier alpha value is -2.74. The smallest absolute Gasteiger partial charge is 0.258 e. The summed E-state index contributed by atoms with van der Waals surface area (Å²) < 4.78 is 1.06. The summed E-state index contributed by atoms with van der Waals surface area (Å²) in [6.45, 7) is 1.60. The molecule has 90 valence electrons. The lowest BCUT2D eigenvalue weighted by molar-refractivity contribution is 0.433. The Morgan fingerprint density at radius 1 is 1.39 bits per heavy atom. The number of nitrogens with zero attached hydrogens (tertiary/aromatic N) is 2. The molecular formula is C13H11N3O2. The van der Waals surface area contributed by atoms with Gasteiger partial charge in [-0.05, 0) is 30.7 Å². The van der Waals surface area contributed by atoms with Gasteiger partial charge in [0.05, 0.1) is 5.69 Å². The summed E-state index contributed by atoms with van der Waals surface area (Å²) >= 11 is 0. The Morgan fingerprint density at radius 3 is 2.72 bits per heavy atom. The zero-order valence-corrected chi connectivity index (χ0v) is 9.71. The topological polar surface area (TPSA) is 92.0 Å². The van der Waals surface area contributed by atoms with E-state index < -0.39 is 5.56 Å². The van der Waals surface area contributed by atoms with Crippen molar-refractivity contribution in [3.63, 3.8) is 0 Å². The number of aromatic hydroxyl groups is 1. The predicted octanol–water partition coefficient (Wildman–Crippen LogP) is 1.31. The highest BCUT2D eigenvalue weighted by atomic mass is 16.3. The van der Waals surface area contributed by atoms with E-state index in [1.807, 2.05) is 6.07 Å². The summed E-state index contributed by atoms with van der Waals surface area (Å²) in [4.78, 5) is 11.9. The number of nitriles is 1. The van der Waals surface area contributed by atoms with Crippen LogP contribution in [0.1, 0.15) is 11.1 Å². The fourth-order valence-electron chi connectivity index (χ4n) is 1.77. The van der Waals surface area contributed by atoms with Gasteiger partial charge >= 0.3 is 0 Å². The van der Waals surface area contributed by atoms with E-state index in [9.17, 15) is 9.90 Å². The van der Waals surface area contributed by atoms with E-state index in [0.717, 1.165) is 4.57 Å². The Kier molecular flexibility index (Phi) is 2.78. The second kappa shape index (κ2) is 4.26. The highest BCUT2D eigenvalue weighted by molar-refractivity contribution is 5.52. The fraction of sp³-hybridized carbons (Fsp3) is 0.0769. The van der Waals surface area contributed by atoms with E-state index in [-0.39, 0.29) is 11.4 Å². The van der Waals surface area contributed by atoms with Crippen molar-refractivity contribution < 1.29 is 5.11 Å². The van der Waals surface area contributed by atoms with Crippen molar-refractivity contribution in [2.75, 3.05) is 5.73 Å². The van der Waals surface area contributed by atoms with Crippen molar-refractivity contribution in [3.8, 4) is 17.6 Å². The van der Waals surface area contributed by atoms with Crippen LogP contribution < -0.4 is 11.3 Å². The van der Waals surface area contributed by atoms with Crippen molar-refractivity contribution in [1.82, 2.24) is 4.57 Å². The molecule has 0 amide bonds. The molecule has 1 heterocycles. The van der Waals surface area contributed by atoms with Gasteiger partial charge < -0.3 is 10.8 Å². The van der Waals surface area contributed by atoms with Gasteiger partial charge in [-0.2, -0.15) is 5.26 Å². The molecule has 0 unspecified atom stereocenters. The van der Waals surface area contributed by atoms with Gasteiger partial charge in [0.15, 0.2) is 0 Å². The molecule has 1 aromatic carbocycles. The maximum Gasteiger partial charge on any atom is 0.258 e. The highest BCUT2D eigenvalue weighted by Gasteiger charge is 2.13. The minimum atomic E-state index is -0.408. The maximum absolute atomic E-state index is 11.9. The molecule has 0 spiro atoms. The summed E-state index contributed by atoms with van der Waals surface area (Å²) in [6, 6.07) is 9.71. The van der Waals surface area contributed by atoms with Crippen molar-refractivity contribution in [2.45, 2.75) is 6.92 Å². The quantitative estimate of drug-likeness (QED) is 0.736. The number of nitrogen functional groups attached to an aromatic ring is 1. The van der Waals surface area contributed by atoms with Gasteiger partial charge in [0, 0.05) is 11.8 Å². The van der Waals surface area contributed by atoms with E-state index in [4.69, 9.17) is 11.0 Å². The first-order valence-corrected chi connectivity index (χ1v) is 5.26. The molecule has 2 rings (SSSR count). The molecule has 2 aromatic rings. The van der Waals surface area contributed by atoms with E-state index in [2.05, 4.69) is 0 Å². The molecule has 1 aromatic heterocycles. The number of rotatable bonds is 1. The minimum Gasteiger partial charge on any atom is -0.493 e. The highest BCUT2D eigenvalue weighted by Crippen LogP contribution is 2.22. The number of aromatic nitrogens is 1. The molecule has 0 radical (unpaired) electrons. The normalized spacial score (nSPS) is 10.0. The monoisotopic (exact) mass is 241 g/mol. The summed E-state index contributed by atoms with van der Waals surface area (Å²) in [7, 11) is 0. The Balaban J connectivity index is 2.81. The minimum absolute atomic E-state index is 0.0806. The third-order valence-electron chi connectivity index (χ3n) is 2.63. The van der Waals surface area contributed by atoms with Gasteiger partial charge in [-0.3, -0.25) is 4.79 Å². The predicted molar refractivity (Wildman–Crippen MR) is 67.6 cm³/mol. The van der Waals surface area contributed by atoms with Crippen molar-refractivity contribution in [3.05, 3.63) is 51.8 Å². The van der Waals surface area contributed by atoms with Gasteiger partial charge in [-0.1, -0.05) is 6.07 Å². The number of pyridine rings is 1. The van der Waals surface area contributed by atoms with Crippen LogP contribution in [0.4, 0.5) is 5.69 Å². The lowest BCUT2D eigenvalue weighted by atomic mass is 10.1. The third kappa shape index (κ3) is 1.80. The lowest BCUT2D eigenvalue weighted by Gasteiger charge is -2.11. The van der Waals surface area contributed by atoms with E-state index in [1.54, 1.807) is 31.2 Å². The molecule has 0 saturated heterocycles. The first-order valence-electron chi connectivity index (χ1n) is 5.26. The van der Waals surface area contributed by atoms with E-state index in [1.165, 1.54) is 6.07 Å². The molecule has 0 aliphatic rings. The van der Waals surface area contributed by atoms with Crippen LogP contribution in [0.2, 0.25) is 0 Å². The number of benzene rings is 1. The standard InChI is InChI=1S/C13H11N3O2/c1-8-5-12(17)16(13(18)11(8)7-14)10-4-2-3-9(15)6-10/h2-6,18H,15H2,1H3. The largest absolute Gasteiger partial charge is 0.493 e. The van der Waals surface area contributed by atoms with Gasteiger partial charge in [0.25, 0.3) is 5.56 Å². The fourth-order valence-corrected chi connectivity index (χ4v) is 1.77. The first-order chi connectivity index (χ1) is 8.54. The SMILES string of the molecule is Cc1cc(=O)n(-c2cccc(N)c2)c(O)c1C#N. The van der Waals surface area contributed by atoms with Crippen LogP contribution in [0.25, 0.3) is 5.69 Å². The molecule has 0 saturated carbocycles. The summed E-state index contributed by atoms with van der Waals surface area (Å²) in [6.07, 6.45) is 0.